The van der Waals surface area contributed by atoms with Gasteiger partial charge in [-0.15, -0.1) is 10.2 Å². The van der Waals surface area contributed by atoms with E-state index in [-0.39, 0.29) is 18.4 Å². The molecule has 2 heterocycles. The number of amides is 1. The molecule has 116 valence electrons. The fraction of sp³-hybridized carbons (Fsp3) is 0.643. The van der Waals surface area contributed by atoms with Crippen LogP contribution in [0.4, 0.5) is 0 Å². The van der Waals surface area contributed by atoms with Crippen molar-refractivity contribution in [3.8, 4) is 0 Å². The van der Waals surface area contributed by atoms with Crippen LogP contribution in [-0.2, 0) is 22.5 Å². The van der Waals surface area contributed by atoms with Crippen LogP contribution in [0.3, 0.4) is 0 Å². The van der Waals surface area contributed by atoms with Crippen molar-refractivity contribution in [2.75, 3.05) is 12.4 Å². The molecule has 1 aliphatic heterocycles. The predicted molar refractivity (Wildman–Crippen MR) is 82.0 cm³/mol. The lowest BCUT2D eigenvalue weighted by atomic mass is 10.2. The van der Waals surface area contributed by atoms with E-state index in [2.05, 4.69) is 21.3 Å². The highest BCUT2D eigenvalue weighted by atomic mass is 32.2. The molecule has 1 aromatic rings. The zero-order valence-electron chi connectivity index (χ0n) is 12.4. The normalized spacial score (nSPS) is 18.0. The first-order valence-corrected chi connectivity index (χ1v) is 8.14. The largest absolute Gasteiger partial charge is 0.376 e. The molecule has 0 unspecified atom stereocenters. The SMILES string of the molecule is C=C(C)CSc1nnc(CCC(N)=O)n1C[C@@H]1CCCO1. The van der Waals surface area contributed by atoms with E-state index in [1.54, 1.807) is 11.8 Å². The lowest BCUT2D eigenvalue weighted by Crippen LogP contribution is -2.19. The number of rotatable bonds is 8. The Morgan fingerprint density at radius 2 is 2.38 bits per heavy atom. The van der Waals surface area contributed by atoms with E-state index in [1.165, 1.54) is 0 Å². The zero-order chi connectivity index (χ0) is 15.2. The Kier molecular flexibility index (Phi) is 5.81. The van der Waals surface area contributed by atoms with E-state index in [1.807, 2.05) is 6.92 Å². The molecule has 2 N–H and O–H groups in total. The van der Waals surface area contributed by atoms with E-state index in [0.29, 0.717) is 6.42 Å². The predicted octanol–water partition coefficient (Wildman–Crippen LogP) is 1.54. The topological polar surface area (TPSA) is 83.0 Å². The van der Waals surface area contributed by atoms with Gasteiger partial charge in [0.25, 0.3) is 0 Å². The number of aromatic nitrogens is 3. The Balaban J connectivity index is 2.10. The number of primary amides is 1. The molecule has 0 saturated carbocycles. The third-order valence-corrected chi connectivity index (χ3v) is 4.44. The summed E-state index contributed by atoms with van der Waals surface area (Å²) in [4.78, 5) is 11.0. The van der Waals surface area contributed by atoms with Crippen LogP contribution in [0.15, 0.2) is 17.3 Å². The van der Waals surface area contributed by atoms with Gasteiger partial charge in [-0.3, -0.25) is 4.79 Å². The van der Waals surface area contributed by atoms with Crippen molar-refractivity contribution in [1.82, 2.24) is 14.8 Å². The maximum atomic E-state index is 11.0. The Labute approximate surface area is 129 Å². The van der Waals surface area contributed by atoms with Crippen LogP contribution in [0.1, 0.15) is 32.0 Å². The van der Waals surface area contributed by atoms with Crippen LogP contribution < -0.4 is 5.73 Å². The minimum atomic E-state index is -0.321. The molecule has 0 aliphatic carbocycles. The van der Waals surface area contributed by atoms with Gasteiger partial charge in [-0.25, -0.2) is 0 Å². The van der Waals surface area contributed by atoms with E-state index < -0.39 is 0 Å². The highest BCUT2D eigenvalue weighted by molar-refractivity contribution is 7.99. The lowest BCUT2D eigenvalue weighted by Gasteiger charge is -2.14. The molecule has 7 heteroatoms. The summed E-state index contributed by atoms with van der Waals surface area (Å²) in [6.07, 6.45) is 3.16. The fourth-order valence-corrected chi connectivity index (χ4v) is 3.02. The van der Waals surface area contributed by atoms with Gasteiger partial charge < -0.3 is 15.0 Å². The maximum absolute atomic E-state index is 11.0. The Hall–Kier alpha value is -1.34. The van der Waals surface area contributed by atoms with Crippen LogP contribution in [0, 0.1) is 0 Å². The second-order valence-corrected chi connectivity index (χ2v) is 6.30. The second kappa shape index (κ2) is 7.61. The molecule has 6 nitrogen and oxygen atoms in total. The van der Waals surface area contributed by atoms with Crippen molar-refractivity contribution in [3.05, 3.63) is 18.0 Å². The van der Waals surface area contributed by atoms with Gasteiger partial charge in [0.1, 0.15) is 5.82 Å². The highest BCUT2D eigenvalue weighted by Gasteiger charge is 2.21. The number of nitrogens with zero attached hydrogens (tertiary/aromatic N) is 3. The molecule has 2 rings (SSSR count). The lowest BCUT2D eigenvalue weighted by molar-refractivity contribution is -0.118. The van der Waals surface area contributed by atoms with Gasteiger partial charge in [0, 0.05) is 25.2 Å². The van der Waals surface area contributed by atoms with E-state index in [9.17, 15) is 4.79 Å². The number of ether oxygens (including phenoxy) is 1. The third-order valence-electron chi connectivity index (χ3n) is 3.25. The minimum Gasteiger partial charge on any atom is -0.376 e. The Bertz CT molecular complexity index is 474. The average molecular weight is 310 g/mol. The molecular weight excluding hydrogens is 288 g/mol. The Morgan fingerprint density at radius 1 is 1.57 bits per heavy atom. The number of thioether (sulfide) groups is 1. The molecule has 0 bridgehead atoms. The summed E-state index contributed by atoms with van der Waals surface area (Å²) in [5.41, 5.74) is 6.31. The third kappa shape index (κ3) is 4.86. The molecule has 1 aromatic heterocycles. The first-order chi connectivity index (χ1) is 10.1. The molecule has 1 saturated heterocycles. The summed E-state index contributed by atoms with van der Waals surface area (Å²) in [5, 5.41) is 9.30. The summed E-state index contributed by atoms with van der Waals surface area (Å²) >= 11 is 1.61. The number of hydrogen-bond acceptors (Lipinski definition) is 5. The quantitative estimate of drug-likeness (QED) is 0.582. The van der Waals surface area contributed by atoms with Gasteiger partial charge in [0.05, 0.1) is 12.6 Å². The van der Waals surface area contributed by atoms with Crippen LogP contribution in [0.2, 0.25) is 0 Å². The van der Waals surface area contributed by atoms with Gasteiger partial charge in [0.2, 0.25) is 5.91 Å². The average Bonchev–Trinajstić information content (AvgIpc) is 3.05. The molecule has 1 aliphatic rings. The van der Waals surface area contributed by atoms with Crippen molar-refractivity contribution in [1.29, 1.82) is 0 Å². The summed E-state index contributed by atoms with van der Waals surface area (Å²) in [6, 6.07) is 0. The first-order valence-electron chi connectivity index (χ1n) is 7.15. The van der Waals surface area contributed by atoms with Crippen LogP contribution >= 0.6 is 11.8 Å². The molecule has 1 atom stereocenters. The molecule has 21 heavy (non-hydrogen) atoms. The first kappa shape index (κ1) is 16.0. The van der Waals surface area contributed by atoms with Crippen molar-refractivity contribution in [3.63, 3.8) is 0 Å². The molecule has 1 amide bonds. The van der Waals surface area contributed by atoms with Crippen LogP contribution in [-0.4, -0.2) is 39.1 Å². The molecule has 0 aromatic carbocycles. The van der Waals surface area contributed by atoms with E-state index >= 15 is 0 Å². The van der Waals surface area contributed by atoms with Gasteiger partial charge in [-0.1, -0.05) is 23.9 Å². The van der Waals surface area contributed by atoms with Gasteiger partial charge >= 0.3 is 0 Å². The van der Waals surface area contributed by atoms with Gasteiger partial charge in [0.15, 0.2) is 5.16 Å². The summed E-state index contributed by atoms with van der Waals surface area (Å²) in [7, 11) is 0. The molecular formula is C14H22N4O2S. The molecule has 1 fully saturated rings. The maximum Gasteiger partial charge on any atom is 0.217 e. The summed E-state index contributed by atoms with van der Waals surface area (Å²) in [6.45, 7) is 7.45. The smallest absolute Gasteiger partial charge is 0.217 e. The van der Waals surface area contributed by atoms with Gasteiger partial charge in [-0.05, 0) is 19.8 Å². The number of nitrogens with two attached hydrogens (primary N) is 1. The van der Waals surface area contributed by atoms with E-state index in [4.69, 9.17) is 10.5 Å². The number of hydrogen-bond donors (Lipinski definition) is 1. The zero-order valence-corrected chi connectivity index (χ0v) is 13.2. The monoisotopic (exact) mass is 310 g/mol. The number of carbonyl (C=O) groups is 1. The summed E-state index contributed by atoms with van der Waals surface area (Å²) in [5.74, 6) is 1.28. The Morgan fingerprint density at radius 3 is 3.00 bits per heavy atom. The molecule has 0 radical (unpaired) electrons. The van der Waals surface area contributed by atoms with Gasteiger partial charge in [-0.2, -0.15) is 0 Å². The number of aryl methyl sites for hydroxylation is 1. The standard InChI is InChI=1S/C14H22N4O2S/c1-10(2)9-21-14-17-16-13(6-5-12(15)19)18(14)8-11-4-3-7-20-11/h11H,1,3-9H2,2H3,(H2,15,19)/t11-/m0/s1. The van der Waals surface area contributed by atoms with Crippen LogP contribution in [0.25, 0.3) is 0 Å². The van der Waals surface area contributed by atoms with Crippen molar-refractivity contribution in [2.24, 2.45) is 5.73 Å². The van der Waals surface area contributed by atoms with E-state index in [0.717, 1.165) is 48.3 Å². The number of carbonyl (C=O) groups excluding carboxylic acids is 1. The highest BCUT2D eigenvalue weighted by Crippen LogP contribution is 2.23. The summed E-state index contributed by atoms with van der Waals surface area (Å²) < 4.78 is 7.75. The van der Waals surface area contributed by atoms with Crippen molar-refractivity contribution in [2.45, 2.75) is 50.4 Å². The van der Waals surface area contributed by atoms with Crippen molar-refractivity contribution < 1.29 is 9.53 Å². The molecule has 0 spiro atoms. The van der Waals surface area contributed by atoms with Crippen molar-refractivity contribution >= 4 is 17.7 Å². The second-order valence-electron chi connectivity index (χ2n) is 5.36. The minimum absolute atomic E-state index is 0.206. The fourth-order valence-electron chi connectivity index (χ4n) is 2.21. The van der Waals surface area contributed by atoms with Crippen LogP contribution in [0.5, 0.6) is 0 Å².